The first-order valence-corrected chi connectivity index (χ1v) is 11.4. The van der Waals surface area contributed by atoms with Crippen molar-refractivity contribution in [1.82, 2.24) is 0 Å². The molecule has 192 valence electrons. The molecule has 2 heterocycles. The highest BCUT2D eigenvalue weighted by Gasteiger charge is 2.31. The van der Waals surface area contributed by atoms with E-state index in [4.69, 9.17) is 9.47 Å². The number of phenolic OH excluding ortho intramolecular Hbond substituents is 2. The third kappa shape index (κ3) is 3.78. The average Bonchev–Trinajstić information content (AvgIpc) is 2.90. The van der Waals surface area contributed by atoms with Crippen LogP contribution in [0, 0.1) is 29.1 Å². The number of halogens is 5. The summed E-state index contributed by atoms with van der Waals surface area (Å²) in [6, 6.07) is 6.41. The van der Waals surface area contributed by atoms with Crippen molar-refractivity contribution < 1.29 is 46.2 Å². The lowest BCUT2D eigenvalue weighted by Crippen LogP contribution is -2.41. The molecule has 10 heteroatoms. The Morgan fingerprint density at radius 2 is 1.51 bits per heavy atom. The van der Waals surface area contributed by atoms with E-state index in [0.717, 1.165) is 22.4 Å². The molecular formula is C27H21F5NO4+. The fourth-order valence-corrected chi connectivity index (χ4v) is 4.86. The first kappa shape index (κ1) is 24.6. The third-order valence-corrected chi connectivity index (χ3v) is 6.66. The second-order valence-electron chi connectivity index (χ2n) is 8.65. The van der Waals surface area contributed by atoms with Crippen LogP contribution in [0.3, 0.4) is 0 Å². The van der Waals surface area contributed by atoms with Crippen molar-refractivity contribution in [1.29, 1.82) is 0 Å². The van der Waals surface area contributed by atoms with Gasteiger partial charge in [-0.15, -0.1) is 0 Å². The summed E-state index contributed by atoms with van der Waals surface area (Å²) >= 11 is 0. The van der Waals surface area contributed by atoms with Crippen LogP contribution in [0.25, 0.3) is 22.0 Å². The second-order valence-corrected chi connectivity index (χ2v) is 8.65. The number of fused-ring (bicyclic) bond motifs is 4. The van der Waals surface area contributed by atoms with Crippen molar-refractivity contribution >= 4 is 10.8 Å². The van der Waals surface area contributed by atoms with Gasteiger partial charge in [0, 0.05) is 17.4 Å². The molecule has 0 unspecified atom stereocenters. The van der Waals surface area contributed by atoms with Gasteiger partial charge >= 0.3 is 0 Å². The Morgan fingerprint density at radius 1 is 0.865 bits per heavy atom. The summed E-state index contributed by atoms with van der Waals surface area (Å²) in [6.45, 7) is 1.52. The van der Waals surface area contributed by atoms with Gasteiger partial charge in [0.05, 0.1) is 23.6 Å². The summed E-state index contributed by atoms with van der Waals surface area (Å²) in [5.41, 5.74) is 2.20. The first-order valence-electron chi connectivity index (χ1n) is 11.4. The fourth-order valence-electron chi connectivity index (χ4n) is 4.86. The zero-order chi connectivity index (χ0) is 26.6. The van der Waals surface area contributed by atoms with Gasteiger partial charge in [-0.25, -0.2) is 22.0 Å². The number of rotatable bonds is 5. The van der Waals surface area contributed by atoms with E-state index in [1.54, 1.807) is 18.3 Å². The maximum Gasteiger partial charge on any atom is 0.216 e. The molecule has 0 bridgehead atoms. The van der Waals surface area contributed by atoms with E-state index < -0.39 is 41.3 Å². The maximum atomic E-state index is 14.3. The zero-order valence-corrected chi connectivity index (χ0v) is 19.8. The highest BCUT2D eigenvalue weighted by Crippen LogP contribution is 2.42. The number of hydrogen-bond acceptors (Lipinski definition) is 4. The van der Waals surface area contributed by atoms with Crippen LogP contribution in [0.2, 0.25) is 0 Å². The Kier molecular flexibility index (Phi) is 6.05. The number of aromatic nitrogens is 1. The minimum absolute atomic E-state index is 0.0771. The molecule has 0 aliphatic carbocycles. The highest BCUT2D eigenvalue weighted by atomic mass is 19.2. The van der Waals surface area contributed by atoms with Gasteiger partial charge < -0.3 is 19.7 Å². The Labute approximate surface area is 207 Å². The second kappa shape index (κ2) is 9.10. The normalized spacial score (nSPS) is 12.4. The minimum atomic E-state index is -2.24. The summed E-state index contributed by atoms with van der Waals surface area (Å²) in [5, 5.41) is 21.3. The van der Waals surface area contributed by atoms with Crippen LogP contribution >= 0.6 is 0 Å². The molecule has 0 fully saturated rings. The lowest BCUT2D eigenvalue weighted by Gasteiger charge is -2.21. The van der Waals surface area contributed by atoms with Gasteiger partial charge in [-0.2, -0.15) is 4.57 Å². The van der Waals surface area contributed by atoms with Crippen molar-refractivity contribution in [3.8, 4) is 34.3 Å². The Hall–Kier alpha value is -4.08. The van der Waals surface area contributed by atoms with Crippen LogP contribution < -0.4 is 14.0 Å². The first-order chi connectivity index (χ1) is 17.7. The van der Waals surface area contributed by atoms with Crippen LogP contribution in [0.5, 0.6) is 23.0 Å². The lowest BCUT2D eigenvalue weighted by atomic mass is 9.90. The van der Waals surface area contributed by atoms with Crippen LogP contribution in [0.1, 0.15) is 23.6 Å². The average molecular weight is 518 g/mol. The molecule has 1 aromatic heterocycles. The molecule has 5 rings (SSSR count). The fraction of sp³-hybridized carbons (Fsp3) is 0.222. The van der Waals surface area contributed by atoms with Gasteiger partial charge in [0.2, 0.25) is 11.5 Å². The molecule has 0 atom stereocenters. The number of methoxy groups -OCH3 is 1. The lowest BCUT2D eigenvalue weighted by molar-refractivity contribution is -0.686. The third-order valence-electron chi connectivity index (χ3n) is 6.66. The summed E-state index contributed by atoms with van der Waals surface area (Å²) in [5.74, 6) is -10.4. The van der Waals surface area contributed by atoms with Crippen molar-refractivity contribution in [2.75, 3.05) is 7.11 Å². The van der Waals surface area contributed by atoms with E-state index >= 15 is 0 Å². The number of pyridine rings is 1. The predicted molar refractivity (Wildman–Crippen MR) is 123 cm³/mol. The molecule has 0 amide bonds. The molecule has 37 heavy (non-hydrogen) atoms. The maximum absolute atomic E-state index is 14.3. The van der Waals surface area contributed by atoms with Crippen LogP contribution in [-0.4, -0.2) is 17.3 Å². The summed E-state index contributed by atoms with van der Waals surface area (Å²) in [7, 11) is 1.37. The molecule has 2 N–H and O–H groups in total. The van der Waals surface area contributed by atoms with Gasteiger partial charge in [-0.05, 0) is 36.2 Å². The van der Waals surface area contributed by atoms with Crippen molar-refractivity contribution in [2.45, 2.75) is 32.9 Å². The van der Waals surface area contributed by atoms with E-state index in [2.05, 4.69) is 0 Å². The molecule has 1 aliphatic heterocycles. The van der Waals surface area contributed by atoms with Crippen LogP contribution in [-0.2, 0) is 26.0 Å². The smallest absolute Gasteiger partial charge is 0.216 e. The number of nitrogens with zero attached hydrogens (tertiary/aromatic N) is 1. The topological polar surface area (TPSA) is 62.8 Å². The monoisotopic (exact) mass is 518 g/mol. The molecule has 0 saturated carbocycles. The van der Waals surface area contributed by atoms with E-state index in [9.17, 15) is 32.2 Å². The molecule has 3 aromatic carbocycles. The Bertz CT molecular complexity index is 1560. The number of ether oxygens (including phenoxy) is 2. The number of aryl methyl sites for hydroxylation is 3. The molecule has 0 radical (unpaired) electrons. The van der Waals surface area contributed by atoms with E-state index in [1.165, 1.54) is 19.2 Å². The quantitative estimate of drug-likeness (QED) is 0.119. The number of phenols is 2. The molecular weight excluding hydrogens is 497 g/mol. The Balaban J connectivity index is 1.69. The van der Waals surface area contributed by atoms with Gasteiger partial charge in [-0.1, -0.05) is 6.92 Å². The summed E-state index contributed by atoms with van der Waals surface area (Å²) in [4.78, 5) is 0. The van der Waals surface area contributed by atoms with Gasteiger partial charge in [0.25, 0.3) is 0 Å². The predicted octanol–water partition coefficient (Wildman–Crippen LogP) is 5.61. The summed E-state index contributed by atoms with van der Waals surface area (Å²) < 4.78 is 82.4. The van der Waals surface area contributed by atoms with E-state index in [-0.39, 0.29) is 23.0 Å². The molecule has 0 spiro atoms. The van der Waals surface area contributed by atoms with Crippen molar-refractivity contribution in [3.63, 3.8) is 0 Å². The summed E-state index contributed by atoms with van der Waals surface area (Å²) in [6.07, 6.45) is 2.87. The van der Waals surface area contributed by atoms with Crippen molar-refractivity contribution in [2.24, 2.45) is 0 Å². The number of benzene rings is 3. The molecule has 1 aliphatic rings. The van der Waals surface area contributed by atoms with Crippen molar-refractivity contribution in [3.05, 3.63) is 76.2 Å². The zero-order valence-electron chi connectivity index (χ0n) is 19.8. The van der Waals surface area contributed by atoms with Gasteiger partial charge in [0.1, 0.15) is 6.61 Å². The number of aromatic hydroxyl groups is 2. The largest absolute Gasteiger partial charge is 0.504 e. The van der Waals surface area contributed by atoms with Crippen LogP contribution in [0.4, 0.5) is 22.0 Å². The minimum Gasteiger partial charge on any atom is -0.504 e. The highest BCUT2D eigenvalue weighted by molar-refractivity contribution is 5.95. The standard InChI is InChI=1S/C27H20F5NO4/c1-3-13-14-4-5-20(36-2)27(37-11-17-21(28)23(30)25(32)24(31)22(17)29)16(14)10-33-7-6-12-8-18(34)19(35)9-15(12)26(13)33/h4-5,8-10,35H,3,6-7,11H2,1-2H3/p+1. The van der Waals surface area contributed by atoms with Gasteiger partial charge in [0.15, 0.2) is 59.0 Å². The molecule has 5 nitrogen and oxygen atoms in total. The molecule has 4 aromatic rings. The van der Waals surface area contributed by atoms with Gasteiger partial charge in [-0.3, -0.25) is 0 Å². The number of hydrogen-bond donors (Lipinski definition) is 2. The Morgan fingerprint density at radius 3 is 2.16 bits per heavy atom. The van der Waals surface area contributed by atoms with E-state index in [1.807, 2.05) is 11.5 Å². The van der Waals surface area contributed by atoms with Crippen LogP contribution in [0.15, 0.2) is 30.5 Å². The molecule has 0 saturated heterocycles. The van der Waals surface area contributed by atoms with E-state index in [0.29, 0.717) is 30.2 Å². The SMILES string of the molecule is CCc1c2[n+](cc3c(OCc4c(F)c(F)c(F)c(F)c4F)c(OC)ccc13)CCc1cc(O)c(O)cc1-2.